The van der Waals surface area contributed by atoms with E-state index < -0.39 is 12.2 Å². The van der Waals surface area contributed by atoms with E-state index in [2.05, 4.69) is 0 Å². The van der Waals surface area contributed by atoms with Crippen molar-refractivity contribution < 1.29 is 10.2 Å². The largest absolute Gasteiger partial charge is 0.390 e. The van der Waals surface area contributed by atoms with Crippen LogP contribution in [0.3, 0.4) is 0 Å². The Morgan fingerprint density at radius 2 is 1.78 bits per heavy atom. The van der Waals surface area contributed by atoms with Gasteiger partial charge in [-0.3, -0.25) is 0 Å². The monoisotopic (exact) mass is 131 g/mol. The number of rotatable bonds is 0. The van der Waals surface area contributed by atoms with Crippen LogP contribution in [0.25, 0.3) is 0 Å². The van der Waals surface area contributed by atoms with Gasteiger partial charge in [0.15, 0.2) is 0 Å². The standard InChI is InChI=1S/C6H13NO2/c7-4-1-2-5(8)6(9)3-4/h4-6,8-9H,1-3,7H2/t4-,5+,6?/m1/s1. The van der Waals surface area contributed by atoms with Crippen molar-refractivity contribution in [2.75, 3.05) is 0 Å². The highest BCUT2D eigenvalue weighted by Crippen LogP contribution is 2.16. The fourth-order valence-corrected chi connectivity index (χ4v) is 1.16. The van der Waals surface area contributed by atoms with Gasteiger partial charge in [-0.15, -0.1) is 0 Å². The normalized spacial score (nSPS) is 45.0. The molecule has 3 atom stereocenters. The van der Waals surface area contributed by atoms with Crippen molar-refractivity contribution in [2.45, 2.75) is 37.5 Å². The van der Waals surface area contributed by atoms with Crippen molar-refractivity contribution in [3.8, 4) is 0 Å². The fraction of sp³-hybridized carbons (Fsp3) is 1.00. The topological polar surface area (TPSA) is 66.5 Å². The third kappa shape index (κ3) is 1.64. The van der Waals surface area contributed by atoms with E-state index in [4.69, 9.17) is 15.9 Å². The smallest absolute Gasteiger partial charge is 0.0813 e. The molecule has 4 N–H and O–H groups in total. The first-order valence-corrected chi connectivity index (χ1v) is 3.32. The zero-order valence-electron chi connectivity index (χ0n) is 5.33. The van der Waals surface area contributed by atoms with E-state index in [1.54, 1.807) is 0 Å². The zero-order valence-corrected chi connectivity index (χ0v) is 5.33. The highest BCUT2D eigenvalue weighted by molar-refractivity contribution is 4.80. The van der Waals surface area contributed by atoms with E-state index in [0.29, 0.717) is 12.8 Å². The minimum atomic E-state index is -0.589. The second kappa shape index (κ2) is 2.64. The summed E-state index contributed by atoms with van der Waals surface area (Å²) in [4.78, 5) is 0. The lowest BCUT2D eigenvalue weighted by atomic mass is 9.91. The first-order chi connectivity index (χ1) is 4.20. The maximum atomic E-state index is 9.02. The molecule has 0 aromatic heterocycles. The molecule has 0 spiro atoms. The van der Waals surface area contributed by atoms with Crippen LogP contribution in [-0.2, 0) is 0 Å². The molecule has 9 heavy (non-hydrogen) atoms. The van der Waals surface area contributed by atoms with Gasteiger partial charge in [0, 0.05) is 6.04 Å². The lowest BCUT2D eigenvalue weighted by Crippen LogP contribution is -2.39. The molecule has 1 aliphatic rings. The number of aliphatic hydroxyl groups excluding tert-OH is 2. The van der Waals surface area contributed by atoms with Gasteiger partial charge < -0.3 is 15.9 Å². The average Bonchev–Trinajstić information content (AvgIpc) is 1.80. The van der Waals surface area contributed by atoms with E-state index in [-0.39, 0.29) is 6.04 Å². The Labute approximate surface area is 54.5 Å². The zero-order chi connectivity index (χ0) is 6.85. The molecule has 1 fully saturated rings. The summed E-state index contributed by atoms with van der Waals surface area (Å²) in [7, 11) is 0. The molecule has 0 saturated heterocycles. The highest BCUT2D eigenvalue weighted by atomic mass is 16.3. The van der Waals surface area contributed by atoms with Crippen molar-refractivity contribution in [1.29, 1.82) is 0 Å². The molecule has 3 nitrogen and oxygen atoms in total. The second-order valence-electron chi connectivity index (χ2n) is 2.71. The van der Waals surface area contributed by atoms with Crippen LogP contribution < -0.4 is 5.73 Å². The predicted molar refractivity (Wildman–Crippen MR) is 33.8 cm³/mol. The molecule has 0 heterocycles. The summed E-state index contributed by atoms with van der Waals surface area (Å²) in [6.45, 7) is 0. The lowest BCUT2D eigenvalue weighted by molar-refractivity contribution is -0.0140. The second-order valence-corrected chi connectivity index (χ2v) is 2.71. The Kier molecular flexibility index (Phi) is 2.05. The molecule has 1 rings (SSSR count). The summed E-state index contributed by atoms with van der Waals surface area (Å²) in [5.74, 6) is 0. The van der Waals surface area contributed by atoms with Crippen LogP contribution in [0.4, 0.5) is 0 Å². The van der Waals surface area contributed by atoms with Gasteiger partial charge in [0.25, 0.3) is 0 Å². The van der Waals surface area contributed by atoms with Crippen molar-refractivity contribution >= 4 is 0 Å². The van der Waals surface area contributed by atoms with E-state index in [0.717, 1.165) is 6.42 Å². The molecule has 0 radical (unpaired) electrons. The van der Waals surface area contributed by atoms with E-state index in [1.165, 1.54) is 0 Å². The summed E-state index contributed by atoms with van der Waals surface area (Å²) < 4.78 is 0. The molecule has 0 amide bonds. The van der Waals surface area contributed by atoms with Crippen LogP contribution in [-0.4, -0.2) is 28.5 Å². The van der Waals surface area contributed by atoms with Gasteiger partial charge in [0.2, 0.25) is 0 Å². The van der Waals surface area contributed by atoms with Gasteiger partial charge in [0.1, 0.15) is 0 Å². The SMILES string of the molecule is N[C@@H]1CC[C@H](O)C(O)C1. The first-order valence-electron chi connectivity index (χ1n) is 3.32. The Bertz CT molecular complexity index is 97.1. The Balaban J connectivity index is 2.35. The first kappa shape index (κ1) is 6.99. The van der Waals surface area contributed by atoms with E-state index >= 15 is 0 Å². The molecule has 1 aliphatic carbocycles. The van der Waals surface area contributed by atoms with Gasteiger partial charge in [-0.25, -0.2) is 0 Å². The Hall–Kier alpha value is -0.120. The Morgan fingerprint density at radius 3 is 2.22 bits per heavy atom. The molecule has 1 saturated carbocycles. The van der Waals surface area contributed by atoms with Crippen molar-refractivity contribution in [3.05, 3.63) is 0 Å². The van der Waals surface area contributed by atoms with Gasteiger partial charge in [-0.05, 0) is 19.3 Å². The van der Waals surface area contributed by atoms with Crippen molar-refractivity contribution in [2.24, 2.45) is 5.73 Å². The summed E-state index contributed by atoms with van der Waals surface area (Å²) in [5.41, 5.74) is 5.52. The van der Waals surface area contributed by atoms with Crippen LogP contribution in [0, 0.1) is 0 Å². The quantitative estimate of drug-likeness (QED) is 0.404. The number of hydrogen-bond acceptors (Lipinski definition) is 3. The molecule has 1 unspecified atom stereocenters. The third-order valence-corrected chi connectivity index (χ3v) is 1.82. The molecule has 54 valence electrons. The van der Waals surface area contributed by atoms with Crippen LogP contribution in [0.2, 0.25) is 0 Å². The van der Waals surface area contributed by atoms with Crippen LogP contribution in [0.1, 0.15) is 19.3 Å². The van der Waals surface area contributed by atoms with Crippen molar-refractivity contribution in [3.63, 3.8) is 0 Å². The summed E-state index contributed by atoms with van der Waals surface area (Å²) in [5, 5.41) is 18.0. The number of nitrogens with two attached hydrogens (primary N) is 1. The minimum Gasteiger partial charge on any atom is -0.390 e. The summed E-state index contributed by atoms with van der Waals surface area (Å²) in [6.07, 6.45) is 0.889. The molecule has 0 aromatic rings. The van der Waals surface area contributed by atoms with Crippen LogP contribution in [0.15, 0.2) is 0 Å². The van der Waals surface area contributed by atoms with E-state index in [9.17, 15) is 0 Å². The summed E-state index contributed by atoms with van der Waals surface area (Å²) in [6, 6.07) is 0.0865. The number of aliphatic hydroxyl groups is 2. The van der Waals surface area contributed by atoms with Crippen LogP contribution >= 0.6 is 0 Å². The van der Waals surface area contributed by atoms with Gasteiger partial charge in [0.05, 0.1) is 12.2 Å². The molecular formula is C6H13NO2. The maximum Gasteiger partial charge on any atom is 0.0813 e. The van der Waals surface area contributed by atoms with Gasteiger partial charge >= 0.3 is 0 Å². The van der Waals surface area contributed by atoms with Gasteiger partial charge in [-0.1, -0.05) is 0 Å². The third-order valence-electron chi connectivity index (χ3n) is 1.82. The van der Waals surface area contributed by atoms with E-state index in [1.807, 2.05) is 0 Å². The van der Waals surface area contributed by atoms with Gasteiger partial charge in [-0.2, -0.15) is 0 Å². The molecule has 3 heteroatoms. The Morgan fingerprint density at radius 1 is 1.11 bits per heavy atom. The molecule has 0 aromatic carbocycles. The minimum absolute atomic E-state index is 0.0865. The summed E-state index contributed by atoms with van der Waals surface area (Å²) >= 11 is 0. The lowest BCUT2D eigenvalue weighted by Gasteiger charge is -2.27. The highest BCUT2D eigenvalue weighted by Gasteiger charge is 2.24. The fourth-order valence-electron chi connectivity index (χ4n) is 1.16. The average molecular weight is 131 g/mol. The maximum absolute atomic E-state index is 9.02. The van der Waals surface area contributed by atoms with Crippen LogP contribution in [0.5, 0.6) is 0 Å². The molecule has 0 aliphatic heterocycles. The number of hydrogen-bond donors (Lipinski definition) is 3. The van der Waals surface area contributed by atoms with Crippen molar-refractivity contribution in [1.82, 2.24) is 0 Å². The molecule has 0 bridgehead atoms. The predicted octanol–water partition coefficient (Wildman–Crippen LogP) is -0.781. The molecular weight excluding hydrogens is 118 g/mol.